The van der Waals surface area contributed by atoms with Crippen LogP contribution in [0.25, 0.3) is 0 Å². The summed E-state index contributed by atoms with van der Waals surface area (Å²) in [6, 6.07) is 5.78. The molecule has 4 heteroatoms. The molecule has 0 radical (unpaired) electrons. The Bertz CT molecular complexity index is 304. The van der Waals surface area contributed by atoms with Crippen molar-refractivity contribution < 1.29 is 19.4 Å². The second-order valence-corrected chi connectivity index (χ2v) is 2.75. The van der Waals surface area contributed by atoms with Crippen molar-refractivity contribution in [2.45, 2.75) is 13.0 Å². The van der Waals surface area contributed by atoms with Gasteiger partial charge in [0.05, 0.1) is 7.11 Å². The van der Waals surface area contributed by atoms with Crippen molar-refractivity contribution in [3.05, 3.63) is 24.3 Å². The number of hydrogen-bond donors (Lipinski definition) is 0. The first-order valence-electron chi connectivity index (χ1n) is 4.15. The lowest BCUT2D eigenvalue weighted by molar-refractivity contribution is -0.268. The summed E-state index contributed by atoms with van der Waals surface area (Å²) in [4.78, 5) is 11.0. The molecule has 0 saturated carbocycles. The van der Waals surface area contributed by atoms with E-state index >= 15 is 0 Å². The van der Waals surface area contributed by atoms with Crippen molar-refractivity contribution in [3.63, 3.8) is 0 Å². The Balaban J connectivity index is 2.60. The predicted molar refractivity (Wildman–Crippen MR) is 48.0 cm³/mol. The highest BCUT2D eigenvalue weighted by Crippen LogP contribution is 2.15. The summed E-state index contributed by atoms with van der Waals surface area (Å²) in [5.41, 5.74) is 0. The number of esters is 1. The molecule has 4 nitrogen and oxygen atoms in total. The molecule has 1 aromatic rings. The van der Waals surface area contributed by atoms with Crippen LogP contribution in [0.1, 0.15) is 6.92 Å². The Hall–Kier alpha value is -1.71. The molecule has 0 heterocycles. The standard InChI is InChI=1S/C10H12O4/c1-7(10(12)13-2)14-9-5-3-8(11)4-6-9/h3-7,11H,1-2H3/p-1. The van der Waals surface area contributed by atoms with Gasteiger partial charge in [-0.1, -0.05) is 12.1 Å². The van der Waals surface area contributed by atoms with E-state index in [9.17, 15) is 9.90 Å². The number of carbonyl (C=O) groups is 1. The molecule has 1 unspecified atom stereocenters. The van der Waals surface area contributed by atoms with E-state index in [1.807, 2.05) is 0 Å². The predicted octanol–water partition coefficient (Wildman–Crippen LogP) is 0.700. The molecular formula is C10H11O4-. The van der Waals surface area contributed by atoms with Gasteiger partial charge in [-0.15, -0.1) is 5.75 Å². The van der Waals surface area contributed by atoms with Gasteiger partial charge < -0.3 is 14.6 Å². The van der Waals surface area contributed by atoms with E-state index in [1.54, 1.807) is 6.92 Å². The highest BCUT2D eigenvalue weighted by atomic mass is 16.6. The maximum atomic E-state index is 11.0. The summed E-state index contributed by atoms with van der Waals surface area (Å²) in [7, 11) is 1.29. The van der Waals surface area contributed by atoms with E-state index in [1.165, 1.54) is 31.4 Å². The van der Waals surface area contributed by atoms with E-state index in [4.69, 9.17) is 4.74 Å². The molecule has 0 aromatic heterocycles. The smallest absolute Gasteiger partial charge is 0.346 e. The van der Waals surface area contributed by atoms with Gasteiger partial charge in [0.1, 0.15) is 5.75 Å². The third kappa shape index (κ3) is 2.65. The fourth-order valence-electron chi connectivity index (χ4n) is 0.936. The Morgan fingerprint density at radius 2 is 1.93 bits per heavy atom. The summed E-state index contributed by atoms with van der Waals surface area (Å²) >= 11 is 0. The minimum Gasteiger partial charge on any atom is -0.872 e. The maximum Gasteiger partial charge on any atom is 0.346 e. The van der Waals surface area contributed by atoms with E-state index < -0.39 is 12.1 Å². The highest BCUT2D eigenvalue weighted by Gasteiger charge is 2.13. The molecule has 0 N–H and O–H groups in total. The largest absolute Gasteiger partial charge is 0.872 e. The quantitative estimate of drug-likeness (QED) is 0.666. The first-order chi connectivity index (χ1) is 6.63. The van der Waals surface area contributed by atoms with E-state index in [-0.39, 0.29) is 5.75 Å². The number of ether oxygens (including phenoxy) is 2. The van der Waals surface area contributed by atoms with Gasteiger partial charge in [0.25, 0.3) is 0 Å². The summed E-state index contributed by atoms with van der Waals surface area (Å²) in [6.45, 7) is 1.58. The molecule has 0 spiro atoms. The molecule has 14 heavy (non-hydrogen) atoms. The molecule has 1 aromatic carbocycles. The zero-order valence-corrected chi connectivity index (χ0v) is 8.02. The van der Waals surface area contributed by atoms with Gasteiger partial charge in [0.15, 0.2) is 6.10 Å². The van der Waals surface area contributed by atoms with Crippen LogP contribution < -0.4 is 9.84 Å². The SMILES string of the molecule is COC(=O)C(C)Oc1ccc([O-])cc1. The van der Waals surface area contributed by atoms with Gasteiger partial charge >= 0.3 is 5.97 Å². The molecule has 1 rings (SSSR count). The van der Waals surface area contributed by atoms with Crippen molar-refractivity contribution in [3.8, 4) is 11.5 Å². The molecule has 0 amide bonds. The van der Waals surface area contributed by atoms with Crippen LogP contribution >= 0.6 is 0 Å². The Labute approximate surface area is 82.1 Å². The van der Waals surface area contributed by atoms with Gasteiger partial charge in [-0.25, -0.2) is 4.79 Å². The van der Waals surface area contributed by atoms with Gasteiger partial charge in [-0.2, -0.15) is 0 Å². The lowest BCUT2D eigenvalue weighted by Gasteiger charge is -2.13. The Morgan fingerprint density at radius 3 is 2.43 bits per heavy atom. The van der Waals surface area contributed by atoms with Crippen molar-refractivity contribution in [2.75, 3.05) is 7.11 Å². The van der Waals surface area contributed by atoms with Gasteiger partial charge in [0, 0.05) is 0 Å². The highest BCUT2D eigenvalue weighted by molar-refractivity contribution is 5.74. The second-order valence-electron chi connectivity index (χ2n) is 2.75. The summed E-state index contributed by atoms with van der Waals surface area (Å²) in [6.07, 6.45) is -0.669. The van der Waals surface area contributed by atoms with E-state index in [0.29, 0.717) is 5.75 Å². The zero-order chi connectivity index (χ0) is 10.6. The van der Waals surface area contributed by atoms with Crippen molar-refractivity contribution >= 4 is 5.97 Å². The van der Waals surface area contributed by atoms with Gasteiger partial charge in [-0.05, 0) is 19.1 Å². The number of carbonyl (C=O) groups excluding carboxylic acids is 1. The minimum atomic E-state index is -0.669. The average Bonchev–Trinajstić information content (AvgIpc) is 2.20. The molecule has 0 bridgehead atoms. The minimum absolute atomic E-state index is 0.0944. The Kier molecular flexibility index (Phi) is 3.34. The third-order valence-electron chi connectivity index (χ3n) is 1.67. The van der Waals surface area contributed by atoms with Crippen LogP contribution in [0.4, 0.5) is 0 Å². The Morgan fingerprint density at radius 1 is 1.36 bits per heavy atom. The van der Waals surface area contributed by atoms with Gasteiger partial charge in [0.2, 0.25) is 0 Å². The van der Waals surface area contributed by atoms with Crippen molar-refractivity contribution in [2.24, 2.45) is 0 Å². The molecule has 0 saturated heterocycles. The molecule has 76 valence electrons. The number of benzene rings is 1. The summed E-state index contributed by atoms with van der Waals surface area (Å²) in [5.74, 6) is -0.0678. The van der Waals surface area contributed by atoms with Crippen LogP contribution in [0.2, 0.25) is 0 Å². The van der Waals surface area contributed by atoms with Crippen LogP contribution in [0.15, 0.2) is 24.3 Å². The van der Waals surface area contributed by atoms with Gasteiger partial charge in [-0.3, -0.25) is 0 Å². The van der Waals surface area contributed by atoms with E-state index in [0.717, 1.165) is 0 Å². The number of hydrogen-bond acceptors (Lipinski definition) is 4. The topological polar surface area (TPSA) is 58.6 Å². The summed E-state index contributed by atoms with van der Waals surface area (Å²) in [5, 5.41) is 10.8. The van der Waals surface area contributed by atoms with Crippen LogP contribution in [-0.4, -0.2) is 19.2 Å². The lowest BCUT2D eigenvalue weighted by Crippen LogP contribution is -2.24. The van der Waals surface area contributed by atoms with Crippen molar-refractivity contribution in [1.82, 2.24) is 0 Å². The zero-order valence-electron chi connectivity index (χ0n) is 8.02. The molecule has 1 atom stereocenters. The fourth-order valence-corrected chi connectivity index (χ4v) is 0.936. The molecule has 0 aliphatic carbocycles. The van der Waals surface area contributed by atoms with Crippen LogP contribution in [-0.2, 0) is 9.53 Å². The van der Waals surface area contributed by atoms with Crippen LogP contribution in [0.3, 0.4) is 0 Å². The fraction of sp³-hybridized carbons (Fsp3) is 0.300. The number of methoxy groups -OCH3 is 1. The molecular weight excluding hydrogens is 184 g/mol. The average molecular weight is 195 g/mol. The van der Waals surface area contributed by atoms with Crippen molar-refractivity contribution in [1.29, 1.82) is 0 Å². The number of rotatable bonds is 3. The van der Waals surface area contributed by atoms with Crippen LogP contribution in [0, 0.1) is 0 Å². The third-order valence-corrected chi connectivity index (χ3v) is 1.67. The summed E-state index contributed by atoms with van der Waals surface area (Å²) < 4.78 is 9.69. The molecule has 0 aliphatic rings. The second kappa shape index (κ2) is 4.50. The molecule has 0 fully saturated rings. The lowest BCUT2D eigenvalue weighted by atomic mass is 10.3. The normalized spacial score (nSPS) is 11.9. The monoisotopic (exact) mass is 195 g/mol. The first kappa shape index (κ1) is 10.4. The van der Waals surface area contributed by atoms with Crippen LogP contribution in [0.5, 0.6) is 11.5 Å². The maximum absolute atomic E-state index is 11.0. The molecule has 0 aliphatic heterocycles. The van der Waals surface area contributed by atoms with E-state index in [2.05, 4.69) is 4.74 Å². The first-order valence-corrected chi connectivity index (χ1v) is 4.15.